The Bertz CT molecular complexity index is 488. The van der Waals surface area contributed by atoms with Gasteiger partial charge in [-0.3, -0.25) is 0 Å². The Labute approximate surface area is 104 Å². The molecule has 0 radical (unpaired) electrons. The SMILES string of the molecule is CC1NCC1Oc1cccc2scnc12.Cl. The quantitative estimate of drug-likeness (QED) is 0.896. The molecule has 1 N–H and O–H groups in total. The Morgan fingerprint density at radius 2 is 2.38 bits per heavy atom. The monoisotopic (exact) mass is 256 g/mol. The fourth-order valence-electron chi connectivity index (χ4n) is 1.71. The molecule has 1 aliphatic rings. The lowest BCUT2D eigenvalue weighted by molar-refractivity contribution is 0.0953. The first-order valence-electron chi connectivity index (χ1n) is 5.07. The second-order valence-electron chi connectivity index (χ2n) is 3.81. The second kappa shape index (κ2) is 4.57. The highest BCUT2D eigenvalue weighted by Crippen LogP contribution is 2.28. The van der Waals surface area contributed by atoms with Crippen LogP contribution in [0.15, 0.2) is 23.7 Å². The third-order valence-corrected chi connectivity index (χ3v) is 3.59. The molecule has 0 spiro atoms. The molecule has 2 atom stereocenters. The van der Waals surface area contributed by atoms with Crippen molar-refractivity contribution in [3.63, 3.8) is 0 Å². The van der Waals surface area contributed by atoms with Crippen LogP contribution in [0.4, 0.5) is 0 Å². The zero-order valence-corrected chi connectivity index (χ0v) is 10.5. The maximum Gasteiger partial charge on any atom is 0.146 e. The van der Waals surface area contributed by atoms with E-state index < -0.39 is 0 Å². The molecule has 2 aromatic rings. The summed E-state index contributed by atoms with van der Waals surface area (Å²) in [6.07, 6.45) is 0.289. The van der Waals surface area contributed by atoms with E-state index in [1.807, 2.05) is 17.6 Å². The number of hydrogen-bond donors (Lipinski definition) is 1. The van der Waals surface area contributed by atoms with Gasteiger partial charge in [0.05, 0.1) is 10.2 Å². The van der Waals surface area contributed by atoms with E-state index in [0.717, 1.165) is 17.8 Å². The van der Waals surface area contributed by atoms with Crippen molar-refractivity contribution in [2.45, 2.75) is 19.1 Å². The Hall–Kier alpha value is -0.840. The summed E-state index contributed by atoms with van der Waals surface area (Å²) in [5, 5.41) is 3.28. The van der Waals surface area contributed by atoms with E-state index in [1.54, 1.807) is 11.3 Å². The van der Waals surface area contributed by atoms with Crippen molar-refractivity contribution in [2.24, 2.45) is 0 Å². The molecule has 0 bridgehead atoms. The molecule has 3 nitrogen and oxygen atoms in total. The van der Waals surface area contributed by atoms with Crippen LogP contribution in [-0.2, 0) is 0 Å². The molecule has 1 aromatic carbocycles. The van der Waals surface area contributed by atoms with Gasteiger partial charge in [-0.1, -0.05) is 6.07 Å². The fourth-order valence-corrected chi connectivity index (χ4v) is 2.41. The lowest BCUT2D eigenvalue weighted by Gasteiger charge is -2.35. The average molecular weight is 257 g/mol. The van der Waals surface area contributed by atoms with Crippen molar-refractivity contribution in [3.8, 4) is 5.75 Å². The first-order chi connectivity index (χ1) is 7.34. The van der Waals surface area contributed by atoms with Crippen molar-refractivity contribution in [3.05, 3.63) is 23.7 Å². The molecule has 1 saturated heterocycles. The van der Waals surface area contributed by atoms with Crippen LogP contribution in [0.25, 0.3) is 10.2 Å². The maximum atomic E-state index is 5.92. The van der Waals surface area contributed by atoms with Gasteiger partial charge in [-0.2, -0.15) is 0 Å². The third-order valence-electron chi connectivity index (χ3n) is 2.80. The summed E-state index contributed by atoms with van der Waals surface area (Å²) in [7, 11) is 0. The van der Waals surface area contributed by atoms with Crippen molar-refractivity contribution < 1.29 is 4.74 Å². The number of hydrogen-bond acceptors (Lipinski definition) is 4. The van der Waals surface area contributed by atoms with Crippen molar-refractivity contribution in [2.75, 3.05) is 6.54 Å². The number of nitrogens with one attached hydrogen (secondary N) is 1. The highest BCUT2D eigenvalue weighted by molar-refractivity contribution is 7.16. The van der Waals surface area contributed by atoms with E-state index in [1.165, 1.54) is 4.70 Å². The average Bonchev–Trinajstić information content (AvgIpc) is 2.72. The highest BCUT2D eigenvalue weighted by atomic mass is 35.5. The minimum absolute atomic E-state index is 0. The normalized spacial score (nSPS) is 23.6. The minimum atomic E-state index is 0. The number of ether oxygens (including phenoxy) is 1. The molecule has 2 unspecified atom stereocenters. The van der Waals surface area contributed by atoms with Crippen LogP contribution in [-0.4, -0.2) is 23.7 Å². The molecular weight excluding hydrogens is 244 g/mol. The molecular formula is C11H13ClN2OS. The summed E-state index contributed by atoms with van der Waals surface area (Å²) in [6, 6.07) is 6.53. The lowest BCUT2D eigenvalue weighted by atomic mass is 10.1. The smallest absolute Gasteiger partial charge is 0.146 e. The van der Waals surface area contributed by atoms with Gasteiger partial charge in [-0.25, -0.2) is 4.98 Å². The molecule has 86 valence electrons. The molecule has 2 heterocycles. The number of para-hydroxylation sites is 1. The number of halogens is 1. The van der Waals surface area contributed by atoms with Gasteiger partial charge < -0.3 is 10.1 Å². The summed E-state index contributed by atoms with van der Waals surface area (Å²) in [6.45, 7) is 3.07. The number of rotatable bonds is 2. The van der Waals surface area contributed by atoms with Gasteiger partial charge in [0.15, 0.2) is 0 Å². The third kappa shape index (κ3) is 1.88. The number of thiazole rings is 1. The summed E-state index contributed by atoms with van der Waals surface area (Å²) < 4.78 is 7.10. The van der Waals surface area contributed by atoms with E-state index in [9.17, 15) is 0 Å². The molecule has 1 aromatic heterocycles. The first-order valence-corrected chi connectivity index (χ1v) is 5.95. The maximum absolute atomic E-state index is 5.92. The number of benzene rings is 1. The van der Waals surface area contributed by atoms with Crippen LogP contribution < -0.4 is 10.1 Å². The largest absolute Gasteiger partial charge is 0.485 e. The van der Waals surface area contributed by atoms with Gasteiger partial charge in [0.1, 0.15) is 17.4 Å². The van der Waals surface area contributed by atoms with E-state index in [0.29, 0.717) is 6.04 Å². The summed E-state index contributed by atoms with van der Waals surface area (Å²) in [4.78, 5) is 4.33. The van der Waals surface area contributed by atoms with Gasteiger partial charge in [0.25, 0.3) is 0 Å². The molecule has 0 aliphatic carbocycles. The van der Waals surface area contributed by atoms with Gasteiger partial charge in [-0.05, 0) is 19.1 Å². The van der Waals surface area contributed by atoms with Crippen molar-refractivity contribution in [1.29, 1.82) is 0 Å². The Balaban J connectivity index is 0.000000963. The van der Waals surface area contributed by atoms with Gasteiger partial charge in [0.2, 0.25) is 0 Å². The van der Waals surface area contributed by atoms with E-state index in [2.05, 4.69) is 23.3 Å². The lowest BCUT2D eigenvalue weighted by Crippen LogP contribution is -2.58. The van der Waals surface area contributed by atoms with Crippen LogP contribution in [0.1, 0.15) is 6.92 Å². The van der Waals surface area contributed by atoms with Crippen LogP contribution in [0.2, 0.25) is 0 Å². The van der Waals surface area contributed by atoms with E-state index >= 15 is 0 Å². The highest BCUT2D eigenvalue weighted by Gasteiger charge is 2.28. The van der Waals surface area contributed by atoms with Crippen LogP contribution in [0.3, 0.4) is 0 Å². The molecule has 1 fully saturated rings. The minimum Gasteiger partial charge on any atom is -0.485 e. The van der Waals surface area contributed by atoms with Gasteiger partial charge in [-0.15, -0.1) is 23.7 Å². The number of fused-ring (bicyclic) bond motifs is 1. The molecule has 3 rings (SSSR count). The summed E-state index contributed by atoms with van der Waals surface area (Å²) in [5.41, 5.74) is 2.85. The molecule has 16 heavy (non-hydrogen) atoms. The fraction of sp³-hybridized carbons (Fsp3) is 0.364. The Morgan fingerprint density at radius 3 is 3.06 bits per heavy atom. The summed E-state index contributed by atoms with van der Waals surface area (Å²) >= 11 is 1.65. The Morgan fingerprint density at radius 1 is 1.50 bits per heavy atom. The molecule has 1 aliphatic heterocycles. The predicted octanol–water partition coefficient (Wildman–Crippen LogP) is 2.46. The van der Waals surface area contributed by atoms with Gasteiger partial charge >= 0.3 is 0 Å². The molecule has 5 heteroatoms. The second-order valence-corrected chi connectivity index (χ2v) is 4.69. The first kappa shape index (κ1) is 11.6. The zero-order valence-electron chi connectivity index (χ0n) is 8.84. The topological polar surface area (TPSA) is 34.1 Å². The van der Waals surface area contributed by atoms with Crippen LogP contribution in [0.5, 0.6) is 5.75 Å². The standard InChI is InChI=1S/C11H12N2OS.ClH/c1-7-9(5-12-7)14-8-3-2-4-10-11(8)13-6-15-10;/h2-4,6-7,9,12H,5H2,1H3;1H. The van der Waals surface area contributed by atoms with Crippen LogP contribution >= 0.6 is 23.7 Å². The predicted molar refractivity (Wildman–Crippen MR) is 68.7 cm³/mol. The van der Waals surface area contributed by atoms with Gasteiger partial charge in [0, 0.05) is 12.6 Å². The molecule has 0 amide bonds. The number of aromatic nitrogens is 1. The van der Waals surface area contributed by atoms with Crippen LogP contribution in [0, 0.1) is 0 Å². The zero-order chi connectivity index (χ0) is 10.3. The van der Waals surface area contributed by atoms with E-state index in [4.69, 9.17) is 4.74 Å². The van der Waals surface area contributed by atoms with E-state index in [-0.39, 0.29) is 18.5 Å². The van der Waals surface area contributed by atoms with Crippen molar-refractivity contribution >= 4 is 34.0 Å². The Kier molecular flexibility index (Phi) is 3.33. The summed E-state index contributed by atoms with van der Waals surface area (Å²) in [5.74, 6) is 0.909. The number of nitrogens with zero attached hydrogens (tertiary/aromatic N) is 1. The van der Waals surface area contributed by atoms with Crippen molar-refractivity contribution in [1.82, 2.24) is 10.3 Å². The molecule has 0 saturated carbocycles.